The van der Waals surface area contributed by atoms with Crippen LogP contribution in [0.3, 0.4) is 0 Å². The number of allylic oxidation sites excluding steroid dienone is 9. The van der Waals surface area contributed by atoms with E-state index in [1.165, 1.54) is 23.8 Å². The topological polar surface area (TPSA) is 194 Å². The van der Waals surface area contributed by atoms with Gasteiger partial charge < -0.3 is 23.6 Å². The van der Waals surface area contributed by atoms with Crippen molar-refractivity contribution in [1.29, 1.82) is 0 Å². The molecule has 2 aromatic rings. The first kappa shape index (κ1) is 46.3. The molecule has 14 nitrogen and oxygen atoms in total. The van der Waals surface area contributed by atoms with E-state index in [1.54, 1.807) is 16.7 Å². The summed E-state index contributed by atoms with van der Waals surface area (Å²) in [6.07, 6.45) is 13.6. The average molecular weight is 889 g/mol. The van der Waals surface area contributed by atoms with Crippen LogP contribution in [-0.4, -0.2) is 83.5 Å². The van der Waals surface area contributed by atoms with E-state index in [-0.39, 0.29) is 56.0 Å². The zero-order valence-electron chi connectivity index (χ0n) is 36.4. The number of hydroxylamine groups is 2. The van der Waals surface area contributed by atoms with Gasteiger partial charge in [0.2, 0.25) is 5.69 Å². The molecule has 4 aliphatic rings. The lowest BCUT2D eigenvalue weighted by molar-refractivity contribution is -0.437. The highest BCUT2D eigenvalue weighted by Crippen LogP contribution is 2.48. The molecule has 1 fully saturated rings. The Balaban J connectivity index is 1.37. The minimum absolute atomic E-state index is 0.0533. The van der Waals surface area contributed by atoms with E-state index in [4.69, 9.17) is 9.57 Å². The SMILES string of the molecule is CCN1c2cc3c(cc2C(C)=CC1(C)C)/C(=C/C=C/C=C/C1=[N+](CCCS(=O)(=O)[O-])c2ccc(S(=O)(=O)[O-])cc2C1(C)CCCC(=O)ON1C(=O)CCC1=O)C=C(C(C)(C)C)O3. The minimum atomic E-state index is -4.89. The molecular weight excluding hydrogens is 835 g/mol. The molecule has 1 unspecified atom stereocenters. The molecule has 62 heavy (non-hydrogen) atoms. The lowest BCUT2D eigenvalue weighted by atomic mass is 9.75. The number of imide groups is 1. The molecule has 0 aromatic heterocycles. The highest BCUT2D eigenvalue weighted by atomic mass is 32.2. The molecule has 0 aliphatic carbocycles. The Kier molecular flexibility index (Phi) is 12.8. The van der Waals surface area contributed by atoms with Crippen molar-refractivity contribution in [2.45, 2.75) is 110 Å². The van der Waals surface area contributed by atoms with E-state index >= 15 is 0 Å². The summed E-state index contributed by atoms with van der Waals surface area (Å²) in [7, 11) is -9.45. The first-order valence-electron chi connectivity index (χ1n) is 20.7. The molecule has 0 radical (unpaired) electrons. The number of hydrogen-bond acceptors (Lipinski definition) is 12. The van der Waals surface area contributed by atoms with Gasteiger partial charge in [0.1, 0.15) is 28.2 Å². The number of amides is 2. The maximum Gasteiger partial charge on any atom is 0.333 e. The van der Waals surface area contributed by atoms with E-state index in [1.807, 2.05) is 31.2 Å². The third-order valence-corrected chi connectivity index (χ3v) is 13.4. The van der Waals surface area contributed by atoms with Gasteiger partial charge in [-0.25, -0.2) is 21.6 Å². The van der Waals surface area contributed by atoms with Crippen LogP contribution < -0.4 is 9.64 Å². The van der Waals surface area contributed by atoms with Crippen molar-refractivity contribution < 1.29 is 54.5 Å². The number of anilines is 1. The lowest BCUT2D eigenvalue weighted by Gasteiger charge is -2.43. The van der Waals surface area contributed by atoms with Crippen molar-refractivity contribution in [1.82, 2.24) is 5.06 Å². The van der Waals surface area contributed by atoms with Crippen LogP contribution in [0, 0.1) is 5.41 Å². The highest BCUT2D eigenvalue weighted by Gasteiger charge is 2.48. The Morgan fingerprint density at radius 2 is 1.66 bits per heavy atom. The van der Waals surface area contributed by atoms with Crippen molar-refractivity contribution >= 4 is 66.3 Å². The van der Waals surface area contributed by atoms with Gasteiger partial charge in [0.05, 0.1) is 26.0 Å². The molecule has 0 spiro atoms. The quantitative estimate of drug-likeness (QED) is 0.0803. The van der Waals surface area contributed by atoms with E-state index < -0.39 is 54.1 Å². The molecule has 2 aromatic carbocycles. The molecule has 1 saturated heterocycles. The van der Waals surface area contributed by atoms with Gasteiger partial charge in [-0.1, -0.05) is 51.2 Å². The maximum atomic E-state index is 12.8. The second kappa shape index (κ2) is 17.2. The standard InChI is InChI=1S/C46H55N3O11S2/c1-9-48-37-28-38-34(27-33(37)30(2)29-45(48,6)7)31(25-40(59-38)44(3,4)5)15-11-10-12-16-39-46(8,22-13-17-43(52)60-49-41(50)20-21-42(49)51)35-26-32(62(56,57)58)18-19-36(35)47(39)23-14-24-61(53,54)55/h10-12,15-16,18-19,25-29H,9,13-14,17,20-24H2,1-8H3,(H-,53,54,55,56,57,58)/p-1. The molecule has 332 valence electrons. The third-order valence-electron chi connectivity index (χ3n) is 11.7. The molecule has 2 amide bonds. The summed E-state index contributed by atoms with van der Waals surface area (Å²) in [5.41, 5.74) is 5.28. The van der Waals surface area contributed by atoms with Gasteiger partial charge in [0.15, 0.2) is 5.71 Å². The van der Waals surface area contributed by atoms with Crippen molar-refractivity contribution in [2.75, 3.05) is 23.7 Å². The number of rotatable bonds is 14. The summed E-state index contributed by atoms with van der Waals surface area (Å²) < 4.78 is 80.0. The average Bonchev–Trinajstić information content (AvgIpc) is 3.59. The predicted molar refractivity (Wildman–Crippen MR) is 233 cm³/mol. The van der Waals surface area contributed by atoms with Crippen LogP contribution in [0.25, 0.3) is 11.1 Å². The predicted octanol–water partition coefficient (Wildman–Crippen LogP) is 7.20. The lowest BCUT2D eigenvalue weighted by Crippen LogP contribution is -2.45. The number of hydrogen-bond donors (Lipinski definition) is 0. The van der Waals surface area contributed by atoms with E-state index in [9.17, 15) is 40.3 Å². The van der Waals surface area contributed by atoms with Gasteiger partial charge >= 0.3 is 5.97 Å². The van der Waals surface area contributed by atoms with Crippen LogP contribution in [-0.2, 0) is 44.9 Å². The van der Waals surface area contributed by atoms with Crippen molar-refractivity contribution in [3.63, 3.8) is 0 Å². The summed E-state index contributed by atoms with van der Waals surface area (Å²) in [5.74, 6) is -1.13. The Morgan fingerprint density at radius 3 is 2.29 bits per heavy atom. The van der Waals surface area contributed by atoms with Gasteiger partial charge in [0, 0.05) is 84.0 Å². The van der Waals surface area contributed by atoms with Crippen LogP contribution in [0.5, 0.6) is 5.75 Å². The fraction of sp³-hybridized carbons (Fsp3) is 0.435. The molecule has 4 heterocycles. The minimum Gasteiger partial charge on any atom is -0.748 e. The monoisotopic (exact) mass is 888 g/mol. The van der Waals surface area contributed by atoms with Gasteiger partial charge in [-0.3, -0.25) is 9.59 Å². The van der Waals surface area contributed by atoms with Gasteiger partial charge in [0.25, 0.3) is 11.8 Å². The van der Waals surface area contributed by atoms with Gasteiger partial charge in [-0.15, -0.1) is 5.06 Å². The summed E-state index contributed by atoms with van der Waals surface area (Å²) in [6.45, 7) is 17.6. The zero-order chi connectivity index (χ0) is 45.6. The van der Waals surface area contributed by atoms with E-state index in [0.717, 1.165) is 40.4 Å². The molecule has 16 heteroatoms. The summed E-state index contributed by atoms with van der Waals surface area (Å²) in [4.78, 5) is 43.9. The zero-order valence-corrected chi connectivity index (χ0v) is 38.1. The summed E-state index contributed by atoms with van der Waals surface area (Å²) in [6, 6.07) is 8.23. The second-order valence-corrected chi connectivity index (χ2v) is 20.7. The number of nitrogens with zero attached hydrogens (tertiary/aromatic N) is 3. The van der Waals surface area contributed by atoms with E-state index in [0.29, 0.717) is 22.0 Å². The van der Waals surface area contributed by atoms with Gasteiger partial charge in [-0.05, 0) is 82.9 Å². The number of carbonyl (C=O) groups excluding carboxylic acids is 3. The van der Waals surface area contributed by atoms with Crippen molar-refractivity contribution in [2.24, 2.45) is 5.41 Å². The number of carbonyl (C=O) groups is 3. The highest BCUT2D eigenvalue weighted by molar-refractivity contribution is 7.86. The summed E-state index contributed by atoms with van der Waals surface area (Å²) >= 11 is 0. The number of likely N-dealkylation sites (N-methyl/N-ethyl adjacent to an activating group) is 1. The molecule has 6 rings (SSSR count). The maximum absolute atomic E-state index is 12.8. The van der Waals surface area contributed by atoms with Crippen LogP contribution in [0.2, 0.25) is 0 Å². The molecule has 0 bridgehead atoms. The van der Waals surface area contributed by atoms with Crippen LogP contribution in [0.4, 0.5) is 11.4 Å². The molecule has 1 atom stereocenters. The fourth-order valence-electron chi connectivity index (χ4n) is 8.72. The van der Waals surface area contributed by atoms with Crippen LogP contribution in [0.15, 0.2) is 83.5 Å². The van der Waals surface area contributed by atoms with Crippen LogP contribution >= 0.6 is 0 Å². The van der Waals surface area contributed by atoms with Crippen molar-refractivity contribution in [3.05, 3.63) is 95.3 Å². The normalized spacial score (nSPS) is 20.8. The van der Waals surface area contributed by atoms with E-state index in [2.05, 4.69) is 71.6 Å². The Labute approximate surface area is 364 Å². The smallest absolute Gasteiger partial charge is 0.333 e. The third kappa shape index (κ3) is 9.73. The van der Waals surface area contributed by atoms with Crippen molar-refractivity contribution in [3.8, 4) is 5.75 Å². The number of ether oxygens (including phenoxy) is 1. The first-order valence-corrected chi connectivity index (χ1v) is 23.7. The molecule has 0 N–H and O–H groups in total. The Hall–Kier alpha value is -5.16. The number of fused-ring (bicyclic) bond motifs is 3. The molecule has 0 saturated carbocycles. The number of benzene rings is 2. The van der Waals surface area contributed by atoms with Crippen LogP contribution in [0.1, 0.15) is 111 Å². The largest absolute Gasteiger partial charge is 0.748 e. The second-order valence-electron chi connectivity index (χ2n) is 17.8. The van der Waals surface area contributed by atoms with Gasteiger partial charge in [-0.2, -0.15) is 4.58 Å². The first-order chi connectivity index (χ1) is 28.8. The Bertz CT molecular complexity index is 2610. The fourth-order valence-corrected chi connectivity index (χ4v) is 9.70. The molecule has 4 aliphatic heterocycles. The summed E-state index contributed by atoms with van der Waals surface area (Å²) in [5, 5.41) is 0.471. The Morgan fingerprint density at radius 1 is 0.968 bits per heavy atom. The molecular formula is C46H54N3O11S2-.